The van der Waals surface area contributed by atoms with Crippen LogP contribution in [0.5, 0.6) is 0 Å². The SMILES string of the molecule is Nc1sc(-c2ccccc2)nc1-c1cccc(C2CC2)c1. The number of nitrogen functional groups attached to an aromatic ring is 1. The zero-order valence-corrected chi connectivity index (χ0v) is 12.4. The molecule has 1 fully saturated rings. The molecule has 0 bridgehead atoms. The summed E-state index contributed by atoms with van der Waals surface area (Å²) in [4.78, 5) is 4.76. The highest BCUT2D eigenvalue weighted by atomic mass is 32.1. The third-order valence-electron chi connectivity index (χ3n) is 3.88. The molecule has 1 aromatic heterocycles. The molecule has 0 radical (unpaired) electrons. The van der Waals surface area contributed by atoms with Gasteiger partial charge in [-0.1, -0.05) is 59.9 Å². The third-order valence-corrected chi connectivity index (χ3v) is 4.82. The second-order valence-corrected chi connectivity index (χ2v) is 6.53. The molecule has 2 N–H and O–H groups in total. The Balaban J connectivity index is 1.75. The van der Waals surface area contributed by atoms with E-state index >= 15 is 0 Å². The second kappa shape index (κ2) is 5.01. The molecule has 0 unspecified atom stereocenters. The molecule has 0 spiro atoms. The van der Waals surface area contributed by atoms with Crippen LogP contribution in [0.25, 0.3) is 21.8 Å². The van der Waals surface area contributed by atoms with Crippen molar-refractivity contribution in [1.29, 1.82) is 0 Å². The maximum atomic E-state index is 6.21. The lowest BCUT2D eigenvalue weighted by molar-refractivity contribution is 1.13. The van der Waals surface area contributed by atoms with Crippen molar-refractivity contribution in [2.75, 3.05) is 5.73 Å². The molecule has 2 aromatic carbocycles. The van der Waals surface area contributed by atoms with E-state index < -0.39 is 0 Å². The Labute approximate surface area is 128 Å². The van der Waals surface area contributed by atoms with Crippen LogP contribution in [0.2, 0.25) is 0 Å². The van der Waals surface area contributed by atoms with Crippen LogP contribution in [0.15, 0.2) is 54.6 Å². The van der Waals surface area contributed by atoms with Gasteiger partial charge in [0.2, 0.25) is 0 Å². The van der Waals surface area contributed by atoms with Crippen molar-refractivity contribution < 1.29 is 0 Å². The highest BCUT2D eigenvalue weighted by Gasteiger charge is 2.24. The number of rotatable bonds is 3. The molecule has 104 valence electrons. The van der Waals surface area contributed by atoms with Crippen LogP contribution in [-0.4, -0.2) is 4.98 Å². The number of aromatic nitrogens is 1. The summed E-state index contributed by atoms with van der Waals surface area (Å²) in [6.45, 7) is 0. The largest absolute Gasteiger partial charge is 0.389 e. The molecule has 1 aliphatic carbocycles. The van der Waals surface area contributed by atoms with Crippen LogP contribution in [0.3, 0.4) is 0 Å². The van der Waals surface area contributed by atoms with Crippen LogP contribution in [0.4, 0.5) is 5.00 Å². The number of thiazole rings is 1. The molecule has 3 aromatic rings. The maximum absolute atomic E-state index is 6.21. The van der Waals surface area contributed by atoms with Crippen molar-refractivity contribution in [3.8, 4) is 21.8 Å². The lowest BCUT2D eigenvalue weighted by atomic mass is 10.1. The highest BCUT2D eigenvalue weighted by molar-refractivity contribution is 7.19. The van der Waals surface area contributed by atoms with Crippen molar-refractivity contribution in [3.05, 3.63) is 60.2 Å². The van der Waals surface area contributed by atoms with Gasteiger partial charge in [-0.25, -0.2) is 4.98 Å². The maximum Gasteiger partial charge on any atom is 0.126 e. The fourth-order valence-electron chi connectivity index (χ4n) is 2.60. The lowest BCUT2D eigenvalue weighted by Gasteiger charge is -2.02. The first-order valence-corrected chi connectivity index (χ1v) is 8.05. The first-order chi connectivity index (χ1) is 10.3. The minimum Gasteiger partial charge on any atom is -0.389 e. The van der Waals surface area contributed by atoms with Crippen molar-refractivity contribution in [2.45, 2.75) is 18.8 Å². The summed E-state index contributed by atoms with van der Waals surface area (Å²) >= 11 is 1.56. The van der Waals surface area contributed by atoms with Gasteiger partial charge in [0.1, 0.15) is 15.7 Å². The topological polar surface area (TPSA) is 38.9 Å². The van der Waals surface area contributed by atoms with E-state index in [0.717, 1.165) is 32.7 Å². The van der Waals surface area contributed by atoms with Crippen LogP contribution < -0.4 is 5.73 Å². The average Bonchev–Trinajstić information content (AvgIpc) is 3.31. The van der Waals surface area contributed by atoms with Gasteiger partial charge in [-0.2, -0.15) is 0 Å². The van der Waals surface area contributed by atoms with Gasteiger partial charge in [0.25, 0.3) is 0 Å². The van der Waals surface area contributed by atoms with E-state index in [4.69, 9.17) is 10.7 Å². The molecule has 4 rings (SSSR count). The van der Waals surface area contributed by atoms with Crippen molar-refractivity contribution >= 4 is 16.3 Å². The smallest absolute Gasteiger partial charge is 0.126 e. The molecular formula is C18H16N2S. The molecule has 0 atom stereocenters. The third kappa shape index (κ3) is 2.45. The van der Waals surface area contributed by atoms with E-state index in [1.165, 1.54) is 18.4 Å². The van der Waals surface area contributed by atoms with Gasteiger partial charge in [-0.05, 0) is 30.4 Å². The van der Waals surface area contributed by atoms with Crippen molar-refractivity contribution in [1.82, 2.24) is 4.98 Å². The van der Waals surface area contributed by atoms with Crippen LogP contribution >= 0.6 is 11.3 Å². The standard InChI is InChI=1S/C18H16N2S/c19-17-16(15-8-4-7-14(11-15)12-9-10-12)20-18(21-17)13-5-2-1-3-6-13/h1-8,11-12H,9-10,19H2. The predicted octanol–water partition coefficient (Wildman–Crippen LogP) is 4.94. The molecule has 3 heteroatoms. The number of benzene rings is 2. The van der Waals surface area contributed by atoms with Gasteiger partial charge in [0.05, 0.1) is 0 Å². The Morgan fingerprint density at radius 1 is 0.952 bits per heavy atom. The highest BCUT2D eigenvalue weighted by Crippen LogP contribution is 2.42. The Bertz CT molecular complexity index is 773. The molecule has 0 saturated heterocycles. The molecule has 1 saturated carbocycles. The Kier molecular flexibility index (Phi) is 3.00. The quantitative estimate of drug-likeness (QED) is 0.743. The Hall–Kier alpha value is -2.13. The predicted molar refractivity (Wildman–Crippen MR) is 89.4 cm³/mol. The minimum atomic E-state index is 0.749. The molecule has 1 aliphatic rings. The first kappa shape index (κ1) is 12.6. The van der Waals surface area contributed by atoms with Crippen LogP contribution in [-0.2, 0) is 0 Å². The molecule has 2 nitrogen and oxygen atoms in total. The van der Waals surface area contributed by atoms with Crippen LogP contribution in [0.1, 0.15) is 24.3 Å². The molecule has 0 aliphatic heterocycles. The summed E-state index contributed by atoms with van der Waals surface area (Å²) in [7, 11) is 0. The van der Waals surface area contributed by atoms with Crippen LogP contribution in [0, 0.1) is 0 Å². The molecule has 21 heavy (non-hydrogen) atoms. The number of nitrogens with zero attached hydrogens (tertiary/aromatic N) is 1. The molecular weight excluding hydrogens is 276 g/mol. The summed E-state index contributed by atoms with van der Waals surface area (Å²) < 4.78 is 0. The minimum absolute atomic E-state index is 0.749. The number of hydrogen-bond donors (Lipinski definition) is 1. The lowest BCUT2D eigenvalue weighted by Crippen LogP contribution is -1.87. The average molecular weight is 292 g/mol. The monoisotopic (exact) mass is 292 g/mol. The van der Waals surface area contributed by atoms with Crippen molar-refractivity contribution in [2.24, 2.45) is 0 Å². The number of anilines is 1. The van der Waals surface area contributed by atoms with Gasteiger partial charge < -0.3 is 5.73 Å². The summed E-state index contributed by atoms with van der Waals surface area (Å²) in [6, 6.07) is 18.9. The molecule has 1 heterocycles. The van der Waals surface area contributed by atoms with Gasteiger partial charge in [0, 0.05) is 11.1 Å². The van der Waals surface area contributed by atoms with Gasteiger partial charge in [-0.15, -0.1) is 0 Å². The van der Waals surface area contributed by atoms with E-state index in [1.807, 2.05) is 18.2 Å². The summed E-state index contributed by atoms with van der Waals surface area (Å²) in [6.07, 6.45) is 2.62. The van der Waals surface area contributed by atoms with E-state index in [9.17, 15) is 0 Å². The van der Waals surface area contributed by atoms with Gasteiger partial charge in [0.15, 0.2) is 0 Å². The Morgan fingerprint density at radius 3 is 2.48 bits per heavy atom. The zero-order chi connectivity index (χ0) is 14.2. The van der Waals surface area contributed by atoms with E-state index in [0.29, 0.717) is 0 Å². The fraction of sp³-hybridized carbons (Fsp3) is 0.167. The van der Waals surface area contributed by atoms with E-state index in [2.05, 4.69) is 36.4 Å². The second-order valence-electron chi connectivity index (χ2n) is 5.50. The summed E-state index contributed by atoms with van der Waals surface area (Å²) in [5.41, 5.74) is 10.8. The van der Waals surface area contributed by atoms with E-state index in [1.54, 1.807) is 11.3 Å². The van der Waals surface area contributed by atoms with Crippen molar-refractivity contribution in [3.63, 3.8) is 0 Å². The number of nitrogens with two attached hydrogens (primary N) is 1. The summed E-state index contributed by atoms with van der Waals surface area (Å²) in [5, 5.41) is 1.78. The fourth-order valence-corrected chi connectivity index (χ4v) is 3.46. The zero-order valence-electron chi connectivity index (χ0n) is 11.6. The normalized spacial score (nSPS) is 14.3. The summed E-state index contributed by atoms with van der Waals surface area (Å²) in [5.74, 6) is 0.749. The van der Waals surface area contributed by atoms with Gasteiger partial charge in [-0.3, -0.25) is 0 Å². The molecule has 0 amide bonds. The van der Waals surface area contributed by atoms with E-state index in [-0.39, 0.29) is 0 Å². The van der Waals surface area contributed by atoms with Gasteiger partial charge >= 0.3 is 0 Å². The number of hydrogen-bond acceptors (Lipinski definition) is 3. The first-order valence-electron chi connectivity index (χ1n) is 7.23. The Morgan fingerprint density at radius 2 is 1.71 bits per heavy atom.